The molecule has 2 N–H and O–H groups in total. The van der Waals surface area contributed by atoms with Gasteiger partial charge in [-0.15, -0.1) is 10.2 Å². The van der Waals surface area contributed by atoms with Gasteiger partial charge in [-0.2, -0.15) is 0 Å². The first-order valence-electron chi connectivity index (χ1n) is 10.6. The summed E-state index contributed by atoms with van der Waals surface area (Å²) < 4.78 is 2.15. The van der Waals surface area contributed by atoms with Crippen LogP contribution >= 0.6 is 11.8 Å². The minimum Gasteiger partial charge on any atom is -0.366 e. The lowest BCUT2D eigenvalue weighted by atomic mass is 10.0. The lowest BCUT2D eigenvalue weighted by molar-refractivity contribution is 0.1000. The Hall–Kier alpha value is -3.45. The van der Waals surface area contributed by atoms with E-state index in [0.29, 0.717) is 11.3 Å². The number of thioether (sulfide) groups is 1. The van der Waals surface area contributed by atoms with E-state index in [0.717, 1.165) is 40.6 Å². The predicted molar refractivity (Wildman–Crippen MR) is 128 cm³/mol. The number of pyridine rings is 1. The number of carbonyl (C=O) groups is 1. The second-order valence-electron chi connectivity index (χ2n) is 7.37. The van der Waals surface area contributed by atoms with E-state index in [1.807, 2.05) is 36.5 Å². The van der Waals surface area contributed by atoms with Crippen LogP contribution < -0.4 is 5.73 Å². The van der Waals surface area contributed by atoms with Crippen molar-refractivity contribution in [1.82, 2.24) is 19.7 Å². The molecule has 2 heterocycles. The first-order chi connectivity index (χ1) is 15.6. The smallest absolute Gasteiger partial charge is 0.248 e. The Bertz CT molecular complexity index is 1210. The van der Waals surface area contributed by atoms with Gasteiger partial charge in [-0.05, 0) is 53.8 Å². The molecule has 4 aromatic rings. The van der Waals surface area contributed by atoms with Gasteiger partial charge in [0.1, 0.15) is 0 Å². The van der Waals surface area contributed by atoms with Gasteiger partial charge >= 0.3 is 0 Å². The van der Waals surface area contributed by atoms with E-state index in [4.69, 9.17) is 5.73 Å². The lowest BCUT2D eigenvalue weighted by Gasteiger charge is -2.18. The molecule has 2 aromatic carbocycles. The fraction of sp³-hybridized carbons (Fsp3) is 0.200. The number of para-hydroxylation sites is 1. The second kappa shape index (κ2) is 9.78. The number of nitrogens with zero attached hydrogens (tertiary/aromatic N) is 4. The Balaban J connectivity index is 1.81. The van der Waals surface area contributed by atoms with Crippen LogP contribution in [0.1, 0.15) is 40.9 Å². The Morgan fingerprint density at radius 3 is 2.41 bits per heavy atom. The van der Waals surface area contributed by atoms with E-state index in [-0.39, 0.29) is 0 Å². The van der Waals surface area contributed by atoms with E-state index >= 15 is 0 Å². The van der Waals surface area contributed by atoms with Crippen molar-refractivity contribution in [1.29, 1.82) is 0 Å². The van der Waals surface area contributed by atoms with E-state index in [9.17, 15) is 4.79 Å². The minimum atomic E-state index is -0.427. The monoisotopic (exact) mass is 443 g/mol. The highest BCUT2D eigenvalue weighted by Gasteiger charge is 2.20. The number of nitrogens with two attached hydrogens (primary N) is 1. The number of hydrogen-bond donors (Lipinski definition) is 1. The maximum atomic E-state index is 11.6. The van der Waals surface area contributed by atoms with Gasteiger partial charge in [-0.1, -0.05) is 55.9 Å². The standard InChI is InChI=1S/C25H25N5OS/c1-3-18-9-6-10-19(4-2)22(18)30-24(21-12-7-13-27-15-21)28-29-25(30)32-16-17-8-5-11-20(14-17)23(26)31/h5-15H,3-4,16H2,1-2H3,(H2,26,31). The maximum Gasteiger partial charge on any atom is 0.248 e. The molecule has 0 spiro atoms. The number of aromatic nitrogens is 4. The fourth-order valence-electron chi connectivity index (χ4n) is 3.71. The van der Waals surface area contributed by atoms with Crippen molar-refractivity contribution in [3.8, 4) is 17.1 Å². The molecule has 6 nitrogen and oxygen atoms in total. The number of benzene rings is 2. The molecule has 7 heteroatoms. The van der Waals surface area contributed by atoms with Crippen molar-refractivity contribution in [2.45, 2.75) is 37.6 Å². The Morgan fingerprint density at radius 2 is 1.75 bits per heavy atom. The molecule has 0 atom stereocenters. The van der Waals surface area contributed by atoms with Crippen molar-refractivity contribution >= 4 is 17.7 Å². The molecule has 0 aliphatic heterocycles. The van der Waals surface area contributed by atoms with E-state index in [1.54, 1.807) is 24.0 Å². The summed E-state index contributed by atoms with van der Waals surface area (Å²) in [6, 6.07) is 17.7. The quantitative estimate of drug-likeness (QED) is 0.394. The molecule has 0 radical (unpaired) electrons. The number of amides is 1. The van der Waals surface area contributed by atoms with Gasteiger partial charge in [0.15, 0.2) is 11.0 Å². The van der Waals surface area contributed by atoms with E-state index in [1.165, 1.54) is 11.1 Å². The van der Waals surface area contributed by atoms with Crippen molar-refractivity contribution in [2.24, 2.45) is 5.73 Å². The van der Waals surface area contributed by atoms with Crippen LogP contribution in [-0.2, 0) is 18.6 Å². The maximum absolute atomic E-state index is 11.6. The van der Waals surface area contributed by atoms with Gasteiger partial charge in [0.25, 0.3) is 0 Å². The predicted octanol–water partition coefficient (Wildman–Crippen LogP) is 4.85. The van der Waals surface area contributed by atoms with Crippen LogP contribution in [0.3, 0.4) is 0 Å². The van der Waals surface area contributed by atoms with Gasteiger partial charge in [0.2, 0.25) is 5.91 Å². The summed E-state index contributed by atoms with van der Waals surface area (Å²) in [7, 11) is 0. The summed E-state index contributed by atoms with van der Waals surface area (Å²) in [5, 5.41) is 9.89. The van der Waals surface area contributed by atoms with E-state index < -0.39 is 5.91 Å². The van der Waals surface area contributed by atoms with Crippen molar-refractivity contribution in [3.05, 3.63) is 89.2 Å². The Kier molecular flexibility index (Phi) is 6.66. The van der Waals surface area contributed by atoms with Crippen molar-refractivity contribution < 1.29 is 4.79 Å². The molecule has 0 aliphatic rings. The zero-order valence-electron chi connectivity index (χ0n) is 18.2. The summed E-state index contributed by atoms with van der Waals surface area (Å²) >= 11 is 1.59. The number of aryl methyl sites for hydroxylation is 2. The highest BCUT2D eigenvalue weighted by molar-refractivity contribution is 7.98. The van der Waals surface area contributed by atoms with Crippen LogP contribution in [0.25, 0.3) is 17.1 Å². The molecular formula is C25H25N5OS. The van der Waals surface area contributed by atoms with Crippen LogP contribution in [0.2, 0.25) is 0 Å². The minimum absolute atomic E-state index is 0.427. The van der Waals surface area contributed by atoms with E-state index in [2.05, 4.69) is 51.8 Å². The number of hydrogen-bond acceptors (Lipinski definition) is 5. The second-order valence-corrected chi connectivity index (χ2v) is 8.31. The van der Waals surface area contributed by atoms with Crippen molar-refractivity contribution in [3.63, 3.8) is 0 Å². The first kappa shape index (κ1) is 21.8. The van der Waals surface area contributed by atoms with Crippen LogP contribution in [0.15, 0.2) is 72.1 Å². The average molecular weight is 444 g/mol. The summed E-state index contributed by atoms with van der Waals surface area (Å²) in [6.45, 7) is 4.32. The van der Waals surface area contributed by atoms with Gasteiger partial charge in [-0.25, -0.2) is 0 Å². The summed E-state index contributed by atoms with van der Waals surface area (Å²) in [4.78, 5) is 15.8. The van der Waals surface area contributed by atoms with Gasteiger partial charge in [0.05, 0.1) is 5.69 Å². The third-order valence-electron chi connectivity index (χ3n) is 5.32. The molecule has 32 heavy (non-hydrogen) atoms. The lowest BCUT2D eigenvalue weighted by Crippen LogP contribution is -2.10. The molecule has 1 amide bonds. The number of carbonyl (C=O) groups excluding carboxylic acids is 1. The Labute approximate surface area is 191 Å². The summed E-state index contributed by atoms with van der Waals surface area (Å²) in [5.41, 5.74) is 11.5. The molecule has 0 saturated heterocycles. The zero-order chi connectivity index (χ0) is 22.5. The Morgan fingerprint density at radius 1 is 1.00 bits per heavy atom. The highest BCUT2D eigenvalue weighted by Crippen LogP contribution is 2.33. The van der Waals surface area contributed by atoms with Crippen LogP contribution in [0.4, 0.5) is 0 Å². The van der Waals surface area contributed by atoms with Crippen LogP contribution in [-0.4, -0.2) is 25.7 Å². The van der Waals surface area contributed by atoms with Gasteiger partial charge in [0, 0.05) is 29.3 Å². The molecule has 0 bridgehead atoms. The molecule has 162 valence electrons. The molecule has 0 saturated carbocycles. The first-order valence-corrected chi connectivity index (χ1v) is 11.6. The highest BCUT2D eigenvalue weighted by atomic mass is 32.2. The third kappa shape index (κ3) is 4.43. The van der Waals surface area contributed by atoms with Gasteiger partial charge in [-0.3, -0.25) is 14.3 Å². The van der Waals surface area contributed by atoms with Crippen molar-refractivity contribution in [2.75, 3.05) is 0 Å². The number of rotatable bonds is 8. The van der Waals surface area contributed by atoms with Crippen LogP contribution in [0.5, 0.6) is 0 Å². The largest absolute Gasteiger partial charge is 0.366 e. The molecule has 0 unspecified atom stereocenters. The average Bonchev–Trinajstić information content (AvgIpc) is 3.26. The number of primary amides is 1. The third-order valence-corrected chi connectivity index (χ3v) is 6.32. The SMILES string of the molecule is CCc1cccc(CC)c1-n1c(SCc2cccc(C(N)=O)c2)nnc1-c1cccnc1. The zero-order valence-corrected chi connectivity index (χ0v) is 19.0. The molecule has 0 aliphatic carbocycles. The fourth-order valence-corrected chi connectivity index (χ4v) is 4.59. The summed E-state index contributed by atoms with van der Waals surface area (Å²) in [6.07, 6.45) is 5.37. The normalized spacial score (nSPS) is 10.9. The summed E-state index contributed by atoms with van der Waals surface area (Å²) in [5.74, 6) is 0.979. The van der Waals surface area contributed by atoms with Gasteiger partial charge < -0.3 is 5.73 Å². The van der Waals surface area contributed by atoms with Crippen LogP contribution in [0, 0.1) is 0 Å². The molecule has 0 fully saturated rings. The molecule has 4 rings (SSSR count). The molecular weight excluding hydrogens is 418 g/mol. The topological polar surface area (TPSA) is 86.7 Å². The molecule has 2 aromatic heterocycles.